The Morgan fingerprint density at radius 2 is 2.28 bits per heavy atom. The molecule has 102 valence electrons. The van der Waals surface area contributed by atoms with Crippen molar-refractivity contribution in [3.8, 4) is 0 Å². The molecular weight excluding hydrogens is 253 g/mol. The van der Waals surface area contributed by atoms with Gasteiger partial charge in [-0.05, 0) is 13.3 Å². The molecule has 1 aliphatic heterocycles. The lowest BCUT2D eigenvalue weighted by molar-refractivity contribution is -0.186. The number of aromatic nitrogens is 2. The van der Waals surface area contributed by atoms with Crippen molar-refractivity contribution in [2.24, 2.45) is 0 Å². The Kier molecular flexibility index (Phi) is 3.86. The normalized spacial score (nSPS) is 22.3. The van der Waals surface area contributed by atoms with Gasteiger partial charge in [-0.3, -0.25) is 0 Å². The third kappa shape index (κ3) is 3.42. The van der Waals surface area contributed by atoms with Crippen molar-refractivity contribution < 1.29 is 27.2 Å². The molecule has 0 saturated carbocycles. The van der Waals surface area contributed by atoms with Crippen molar-refractivity contribution in [2.75, 3.05) is 19.8 Å². The first kappa shape index (κ1) is 13.3. The average Bonchev–Trinajstić information content (AvgIpc) is 2.94. The molecule has 1 fully saturated rings. The maximum absolute atomic E-state index is 12.0. The van der Waals surface area contributed by atoms with Gasteiger partial charge in [0.05, 0.1) is 6.61 Å². The Morgan fingerprint density at radius 3 is 2.89 bits per heavy atom. The summed E-state index contributed by atoms with van der Waals surface area (Å²) >= 11 is 0. The van der Waals surface area contributed by atoms with Gasteiger partial charge in [-0.1, -0.05) is 5.16 Å². The van der Waals surface area contributed by atoms with Crippen molar-refractivity contribution in [2.45, 2.75) is 31.5 Å². The molecule has 1 aromatic rings. The van der Waals surface area contributed by atoms with Gasteiger partial charge in [-0.25, -0.2) is 0 Å². The van der Waals surface area contributed by atoms with Gasteiger partial charge in [0.1, 0.15) is 12.7 Å². The van der Waals surface area contributed by atoms with Gasteiger partial charge in [0, 0.05) is 12.5 Å². The minimum Gasteiger partial charge on any atom is -0.381 e. The predicted octanol–water partition coefficient (Wildman–Crippen LogP) is 2.21. The highest BCUT2D eigenvalue weighted by Gasteiger charge is 2.30. The maximum atomic E-state index is 12.0. The second kappa shape index (κ2) is 5.23. The summed E-state index contributed by atoms with van der Waals surface area (Å²) in [5.74, 6) is 0.573. The lowest BCUT2D eigenvalue weighted by atomic mass is 10.1. The van der Waals surface area contributed by atoms with Crippen molar-refractivity contribution >= 4 is 0 Å². The van der Waals surface area contributed by atoms with Gasteiger partial charge in [0.15, 0.2) is 5.82 Å². The smallest absolute Gasteiger partial charge is 0.381 e. The van der Waals surface area contributed by atoms with Crippen LogP contribution in [0.5, 0.6) is 0 Å². The van der Waals surface area contributed by atoms with Crippen LogP contribution in [0.25, 0.3) is 0 Å². The van der Waals surface area contributed by atoms with E-state index in [1.54, 1.807) is 0 Å². The van der Waals surface area contributed by atoms with Crippen LogP contribution in [-0.2, 0) is 9.47 Å². The van der Waals surface area contributed by atoms with E-state index >= 15 is 0 Å². The van der Waals surface area contributed by atoms with Crippen LogP contribution in [0.1, 0.15) is 37.1 Å². The third-order valence-corrected chi connectivity index (χ3v) is 2.60. The molecule has 1 aliphatic rings. The van der Waals surface area contributed by atoms with E-state index < -0.39 is 18.9 Å². The summed E-state index contributed by atoms with van der Waals surface area (Å²) in [6, 6.07) is 0. The number of hydrogen-bond acceptors (Lipinski definition) is 5. The zero-order chi connectivity index (χ0) is 13.2. The SMILES string of the molecule is C[C@H](OCC(F)(F)F)c1nc([C@H]2CCOC2)no1. The zero-order valence-corrected chi connectivity index (χ0v) is 9.74. The van der Waals surface area contributed by atoms with E-state index in [2.05, 4.69) is 14.9 Å². The molecule has 2 atom stereocenters. The molecule has 0 bridgehead atoms. The van der Waals surface area contributed by atoms with Crippen LogP contribution in [0.15, 0.2) is 4.52 Å². The first-order valence-corrected chi connectivity index (χ1v) is 5.55. The fourth-order valence-electron chi connectivity index (χ4n) is 1.61. The molecule has 1 aromatic heterocycles. The van der Waals surface area contributed by atoms with Crippen LogP contribution in [0.4, 0.5) is 13.2 Å². The lowest BCUT2D eigenvalue weighted by Crippen LogP contribution is -2.18. The molecule has 0 spiro atoms. The molecule has 5 nitrogen and oxygen atoms in total. The molecule has 0 aliphatic carbocycles. The predicted molar refractivity (Wildman–Crippen MR) is 52.9 cm³/mol. The van der Waals surface area contributed by atoms with E-state index in [0.29, 0.717) is 19.0 Å². The van der Waals surface area contributed by atoms with E-state index in [9.17, 15) is 13.2 Å². The Bertz CT molecular complexity index is 388. The van der Waals surface area contributed by atoms with Crippen molar-refractivity contribution in [3.05, 3.63) is 11.7 Å². The van der Waals surface area contributed by atoms with Gasteiger partial charge in [0.25, 0.3) is 5.89 Å². The summed E-state index contributed by atoms with van der Waals surface area (Å²) < 4.78 is 50.6. The number of hydrogen-bond donors (Lipinski definition) is 0. The highest BCUT2D eigenvalue weighted by Crippen LogP contribution is 2.25. The maximum Gasteiger partial charge on any atom is 0.411 e. The highest BCUT2D eigenvalue weighted by atomic mass is 19.4. The summed E-state index contributed by atoms with van der Waals surface area (Å²) in [5, 5.41) is 3.74. The number of ether oxygens (including phenoxy) is 2. The quantitative estimate of drug-likeness (QED) is 0.836. The fourth-order valence-corrected chi connectivity index (χ4v) is 1.61. The Morgan fingerprint density at radius 1 is 1.50 bits per heavy atom. The Labute approximate surface area is 101 Å². The van der Waals surface area contributed by atoms with Crippen molar-refractivity contribution in [3.63, 3.8) is 0 Å². The van der Waals surface area contributed by atoms with Gasteiger partial charge >= 0.3 is 6.18 Å². The Hall–Kier alpha value is -1.15. The van der Waals surface area contributed by atoms with E-state index in [0.717, 1.165) is 6.42 Å². The molecule has 0 amide bonds. The van der Waals surface area contributed by atoms with Gasteiger partial charge in [-0.15, -0.1) is 0 Å². The summed E-state index contributed by atoms with van der Waals surface area (Å²) in [5.41, 5.74) is 0. The fraction of sp³-hybridized carbons (Fsp3) is 0.800. The minimum absolute atomic E-state index is 0.0531. The van der Waals surface area contributed by atoms with Gasteiger partial charge in [0.2, 0.25) is 0 Å². The monoisotopic (exact) mass is 266 g/mol. The average molecular weight is 266 g/mol. The standard InChI is InChI=1S/C10H13F3N2O3/c1-6(17-5-10(11,12)13)9-14-8(15-18-9)7-2-3-16-4-7/h6-7H,2-5H2,1H3/t6-,7-/m0/s1. The van der Waals surface area contributed by atoms with Crippen LogP contribution < -0.4 is 0 Å². The molecule has 0 unspecified atom stereocenters. The summed E-state index contributed by atoms with van der Waals surface area (Å²) in [7, 11) is 0. The van der Waals surface area contributed by atoms with Crippen LogP contribution in [0, 0.1) is 0 Å². The molecule has 0 aromatic carbocycles. The molecule has 0 N–H and O–H groups in total. The van der Waals surface area contributed by atoms with E-state index in [-0.39, 0.29) is 11.8 Å². The lowest BCUT2D eigenvalue weighted by Gasteiger charge is -2.10. The second-order valence-electron chi connectivity index (χ2n) is 4.12. The van der Waals surface area contributed by atoms with Gasteiger partial charge in [-0.2, -0.15) is 18.2 Å². The number of rotatable bonds is 4. The van der Waals surface area contributed by atoms with Crippen LogP contribution >= 0.6 is 0 Å². The van der Waals surface area contributed by atoms with E-state index in [4.69, 9.17) is 9.26 Å². The minimum atomic E-state index is -4.36. The highest BCUT2D eigenvalue weighted by molar-refractivity contribution is 4.98. The van der Waals surface area contributed by atoms with Crippen LogP contribution in [0.2, 0.25) is 0 Å². The van der Waals surface area contributed by atoms with E-state index in [1.807, 2.05) is 0 Å². The second-order valence-corrected chi connectivity index (χ2v) is 4.12. The largest absolute Gasteiger partial charge is 0.411 e. The third-order valence-electron chi connectivity index (χ3n) is 2.60. The van der Waals surface area contributed by atoms with Crippen molar-refractivity contribution in [1.82, 2.24) is 10.1 Å². The van der Waals surface area contributed by atoms with Crippen LogP contribution in [0.3, 0.4) is 0 Å². The Balaban J connectivity index is 1.92. The van der Waals surface area contributed by atoms with Gasteiger partial charge < -0.3 is 14.0 Å². The molecule has 2 rings (SSSR count). The molecule has 2 heterocycles. The number of alkyl halides is 3. The molecule has 0 radical (unpaired) electrons. The molecule has 18 heavy (non-hydrogen) atoms. The van der Waals surface area contributed by atoms with E-state index in [1.165, 1.54) is 6.92 Å². The summed E-state index contributed by atoms with van der Waals surface area (Å²) in [6.45, 7) is 1.25. The molecule has 8 heteroatoms. The number of halogens is 3. The number of nitrogens with zero attached hydrogens (tertiary/aromatic N) is 2. The molecule has 1 saturated heterocycles. The molecular formula is C10H13F3N2O3. The summed E-state index contributed by atoms with van der Waals surface area (Å²) in [4.78, 5) is 4.04. The first-order valence-electron chi connectivity index (χ1n) is 5.55. The topological polar surface area (TPSA) is 57.4 Å². The summed E-state index contributed by atoms with van der Waals surface area (Å²) in [6.07, 6.45) is -4.46. The zero-order valence-electron chi connectivity index (χ0n) is 9.74. The first-order chi connectivity index (χ1) is 8.46. The van der Waals surface area contributed by atoms with Crippen molar-refractivity contribution in [1.29, 1.82) is 0 Å². The van der Waals surface area contributed by atoms with Crippen LogP contribution in [-0.4, -0.2) is 36.1 Å².